The number of thiocarbonyl (C=S) groups is 1. The first-order valence-corrected chi connectivity index (χ1v) is 7.05. The van der Waals surface area contributed by atoms with E-state index in [1.54, 1.807) is 18.2 Å². The van der Waals surface area contributed by atoms with Gasteiger partial charge in [0.05, 0.1) is 16.2 Å². The fraction of sp³-hybridized carbons (Fsp3) is 0. The minimum absolute atomic E-state index is 0.119. The molecule has 0 bridgehead atoms. The summed E-state index contributed by atoms with van der Waals surface area (Å²) in [6.45, 7) is 0. The lowest BCUT2D eigenvalue weighted by Crippen LogP contribution is -2.35. The van der Waals surface area contributed by atoms with Crippen LogP contribution in [0.1, 0.15) is 20.7 Å². The number of nitrogens with one attached hydrogen (secondary N) is 2. The van der Waals surface area contributed by atoms with E-state index >= 15 is 0 Å². The zero-order valence-corrected chi connectivity index (χ0v) is 13.0. The van der Waals surface area contributed by atoms with E-state index in [1.807, 2.05) is 0 Å². The van der Waals surface area contributed by atoms with Crippen LogP contribution in [0.2, 0.25) is 0 Å². The lowest BCUT2D eigenvalue weighted by Gasteiger charge is -2.12. The highest BCUT2D eigenvalue weighted by Gasteiger charge is 2.20. The second-order valence-electron chi connectivity index (χ2n) is 4.59. The third-order valence-corrected chi connectivity index (χ3v) is 3.22. The van der Waals surface area contributed by atoms with E-state index in [-0.39, 0.29) is 21.9 Å². The summed E-state index contributed by atoms with van der Waals surface area (Å²) in [4.78, 5) is 33.8. The molecule has 0 heterocycles. The Hall–Kier alpha value is -3.33. The molecule has 0 fully saturated rings. The highest BCUT2D eigenvalue weighted by Crippen LogP contribution is 2.18. The number of nitro benzene ring substituents is 1. The highest BCUT2D eigenvalue weighted by molar-refractivity contribution is 7.80. The third-order valence-electron chi connectivity index (χ3n) is 3.01. The largest absolute Gasteiger partial charge is 0.366 e. The Kier molecular flexibility index (Phi) is 5.17. The van der Waals surface area contributed by atoms with Gasteiger partial charge in [-0.25, -0.2) is 0 Å². The van der Waals surface area contributed by atoms with E-state index < -0.39 is 16.7 Å². The predicted octanol–water partition coefficient (Wildman–Crippen LogP) is 1.82. The van der Waals surface area contributed by atoms with Gasteiger partial charge in [0.1, 0.15) is 5.56 Å². The minimum atomic E-state index is -0.739. The van der Waals surface area contributed by atoms with Gasteiger partial charge in [-0.3, -0.25) is 25.0 Å². The fourth-order valence-electron chi connectivity index (χ4n) is 1.96. The van der Waals surface area contributed by atoms with Crippen LogP contribution in [0, 0.1) is 10.1 Å². The molecule has 122 valence electrons. The van der Waals surface area contributed by atoms with Crippen LogP contribution in [-0.4, -0.2) is 21.9 Å². The molecule has 0 aliphatic carbocycles. The number of hydrogen-bond acceptors (Lipinski definition) is 5. The topological polar surface area (TPSA) is 127 Å². The Morgan fingerprint density at radius 2 is 1.62 bits per heavy atom. The van der Waals surface area contributed by atoms with Gasteiger partial charge in [0.25, 0.3) is 17.5 Å². The van der Waals surface area contributed by atoms with Crippen LogP contribution in [0.3, 0.4) is 0 Å². The zero-order valence-electron chi connectivity index (χ0n) is 12.2. The molecule has 0 aliphatic heterocycles. The lowest BCUT2D eigenvalue weighted by atomic mass is 10.1. The molecule has 4 N–H and O–H groups in total. The van der Waals surface area contributed by atoms with Crippen molar-refractivity contribution in [1.82, 2.24) is 5.32 Å². The predicted molar refractivity (Wildman–Crippen MR) is 91.7 cm³/mol. The summed E-state index contributed by atoms with van der Waals surface area (Å²) in [7, 11) is 0. The number of benzene rings is 2. The van der Waals surface area contributed by atoms with Gasteiger partial charge in [-0.2, -0.15) is 0 Å². The Morgan fingerprint density at radius 1 is 1.04 bits per heavy atom. The molecular weight excluding hydrogens is 332 g/mol. The molecule has 0 radical (unpaired) electrons. The van der Waals surface area contributed by atoms with Gasteiger partial charge in [-0.05, 0) is 30.4 Å². The first-order valence-electron chi connectivity index (χ1n) is 6.64. The standard InChI is InChI=1S/C15H12N4O4S/c16-13(20)9-5-1-3-7-11(9)17-15(24)18-14(21)10-6-2-4-8-12(10)19(22)23/h1-8H,(H2,16,20)(H2,17,18,21,24). The number of para-hydroxylation sites is 2. The highest BCUT2D eigenvalue weighted by atomic mass is 32.1. The average molecular weight is 344 g/mol. The maximum atomic E-state index is 12.2. The maximum Gasteiger partial charge on any atom is 0.282 e. The molecule has 0 aromatic heterocycles. The number of nitro groups is 1. The van der Waals surface area contributed by atoms with Crippen LogP contribution >= 0.6 is 12.2 Å². The number of primary amides is 1. The molecule has 9 heteroatoms. The SMILES string of the molecule is NC(=O)c1ccccc1NC(=S)NC(=O)c1ccccc1[N+](=O)[O-]. The summed E-state index contributed by atoms with van der Waals surface area (Å²) in [5.74, 6) is -1.40. The smallest absolute Gasteiger partial charge is 0.282 e. The first kappa shape index (κ1) is 17.0. The number of hydrogen-bond donors (Lipinski definition) is 3. The zero-order chi connectivity index (χ0) is 17.7. The van der Waals surface area contributed by atoms with Crippen LogP contribution in [0.5, 0.6) is 0 Å². The van der Waals surface area contributed by atoms with E-state index in [9.17, 15) is 19.7 Å². The van der Waals surface area contributed by atoms with Crippen molar-refractivity contribution < 1.29 is 14.5 Å². The van der Waals surface area contributed by atoms with Crippen LogP contribution in [0.4, 0.5) is 11.4 Å². The second-order valence-corrected chi connectivity index (χ2v) is 5.00. The van der Waals surface area contributed by atoms with E-state index in [0.717, 1.165) is 0 Å². The number of rotatable bonds is 4. The Balaban J connectivity index is 2.15. The molecule has 0 aliphatic rings. The summed E-state index contributed by atoms with van der Waals surface area (Å²) < 4.78 is 0. The van der Waals surface area contributed by atoms with Crippen molar-refractivity contribution in [2.45, 2.75) is 0 Å². The maximum absolute atomic E-state index is 12.2. The first-order chi connectivity index (χ1) is 11.4. The molecular formula is C15H12N4O4S. The van der Waals surface area contributed by atoms with E-state index in [0.29, 0.717) is 5.69 Å². The number of amides is 2. The molecule has 0 unspecified atom stereocenters. The quantitative estimate of drug-likeness (QED) is 0.441. The van der Waals surface area contributed by atoms with Gasteiger partial charge in [0, 0.05) is 6.07 Å². The van der Waals surface area contributed by atoms with Crippen LogP contribution in [-0.2, 0) is 0 Å². The lowest BCUT2D eigenvalue weighted by molar-refractivity contribution is -0.385. The van der Waals surface area contributed by atoms with Gasteiger partial charge in [0.2, 0.25) is 0 Å². The van der Waals surface area contributed by atoms with Crippen molar-refractivity contribution in [2.24, 2.45) is 5.73 Å². The van der Waals surface area contributed by atoms with Crippen LogP contribution in [0.25, 0.3) is 0 Å². The van der Waals surface area contributed by atoms with Crippen molar-refractivity contribution in [3.05, 3.63) is 69.8 Å². The molecule has 2 aromatic rings. The average Bonchev–Trinajstić information content (AvgIpc) is 2.54. The summed E-state index contributed by atoms with van der Waals surface area (Å²) in [6, 6.07) is 11.8. The molecule has 0 atom stereocenters. The molecule has 8 nitrogen and oxygen atoms in total. The molecule has 0 saturated carbocycles. The number of carbonyl (C=O) groups excluding carboxylic acids is 2. The number of nitrogens with zero attached hydrogens (tertiary/aromatic N) is 1. The molecule has 2 aromatic carbocycles. The molecule has 2 amide bonds. The number of nitrogens with two attached hydrogens (primary N) is 1. The van der Waals surface area contributed by atoms with Crippen molar-refractivity contribution in [3.8, 4) is 0 Å². The van der Waals surface area contributed by atoms with E-state index in [2.05, 4.69) is 10.6 Å². The second kappa shape index (κ2) is 7.29. The summed E-state index contributed by atoms with van der Waals surface area (Å²) >= 11 is 5.00. The minimum Gasteiger partial charge on any atom is -0.366 e. The number of carbonyl (C=O) groups is 2. The monoisotopic (exact) mass is 344 g/mol. The van der Waals surface area contributed by atoms with Crippen molar-refractivity contribution in [2.75, 3.05) is 5.32 Å². The molecule has 24 heavy (non-hydrogen) atoms. The fourth-order valence-corrected chi connectivity index (χ4v) is 2.16. The van der Waals surface area contributed by atoms with Crippen molar-refractivity contribution >= 4 is 40.5 Å². The summed E-state index contributed by atoms with van der Waals surface area (Å²) in [6.07, 6.45) is 0. The molecule has 2 rings (SSSR count). The normalized spacial score (nSPS) is 9.83. The van der Waals surface area contributed by atoms with E-state index in [1.165, 1.54) is 30.3 Å². The van der Waals surface area contributed by atoms with Gasteiger partial charge >= 0.3 is 0 Å². The molecule has 0 spiro atoms. The Morgan fingerprint density at radius 3 is 2.25 bits per heavy atom. The van der Waals surface area contributed by atoms with Crippen molar-refractivity contribution in [1.29, 1.82) is 0 Å². The van der Waals surface area contributed by atoms with Crippen LogP contribution in [0.15, 0.2) is 48.5 Å². The van der Waals surface area contributed by atoms with E-state index in [4.69, 9.17) is 18.0 Å². The Bertz CT molecular complexity index is 838. The van der Waals surface area contributed by atoms with Crippen molar-refractivity contribution in [3.63, 3.8) is 0 Å². The molecule has 0 saturated heterocycles. The summed E-state index contributed by atoms with van der Waals surface area (Å²) in [5, 5.41) is 15.8. The van der Waals surface area contributed by atoms with Crippen LogP contribution < -0.4 is 16.4 Å². The number of anilines is 1. The van der Waals surface area contributed by atoms with Gasteiger partial charge < -0.3 is 11.1 Å². The summed E-state index contributed by atoms with van der Waals surface area (Å²) in [5.41, 5.74) is 5.30. The Labute approximate surface area is 141 Å². The van der Waals surface area contributed by atoms with Gasteiger partial charge in [-0.15, -0.1) is 0 Å². The third kappa shape index (κ3) is 3.90. The van der Waals surface area contributed by atoms with Gasteiger partial charge in [0.15, 0.2) is 5.11 Å². The van der Waals surface area contributed by atoms with Gasteiger partial charge in [-0.1, -0.05) is 24.3 Å².